The molecule has 0 bridgehead atoms. The first-order valence-corrected chi connectivity index (χ1v) is 5.57. The van der Waals surface area contributed by atoms with Crippen LogP contribution < -0.4 is 5.32 Å². The van der Waals surface area contributed by atoms with Gasteiger partial charge in [0, 0.05) is 17.6 Å². The number of amides is 1. The Morgan fingerprint density at radius 3 is 3.00 bits per heavy atom. The molecule has 1 amide bonds. The molecule has 2 aromatic rings. The quantitative estimate of drug-likeness (QED) is 0.906. The number of aromatic nitrogens is 1. The minimum absolute atomic E-state index is 0.219. The van der Waals surface area contributed by atoms with Gasteiger partial charge in [-0.1, -0.05) is 28.9 Å². The molecule has 0 spiro atoms. The van der Waals surface area contributed by atoms with Gasteiger partial charge >= 0.3 is 0 Å². The van der Waals surface area contributed by atoms with Crippen LogP contribution in [0.25, 0.3) is 0 Å². The summed E-state index contributed by atoms with van der Waals surface area (Å²) >= 11 is 5.86. The van der Waals surface area contributed by atoms with Gasteiger partial charge in [-0.2, -0.15) is 0 Å². The zero-order valence-corrected chi connectivity index (χ0v) is 9.78. The van der Waals surface area contributed by atoms with E-state index >= 15 is 0 Å². The number of nitrogens with one attached hydrogen (secondary N) is 1. The maximum Gasteiger partial charge on any atom is 0.289 e. The van der Waals surface area contributed by atoms with E-state index in [1.807, 2.05) is 24.3 Å². The predicted molar refractivity (Wildman–Crippen MR) is 64.0 cm³/mol. The Balaban J connectivity index is 1.82. The van der Waals surface area contributed by atoms with Crippen molar-refractivity contribution in [1.29, 1.82) is 0 Å². The molecule has 1 heterocycles. The smallest absolute Gasteiger partial charge is 0.289 e. The number of hydrogen-bond acceptors (Lipinski definition) is 3. The van der Waals surface area contributed by atoms with E-state index < -0.39 is 0 Å². The van der Waals surface area contributed by atoms with Gasteiger partial charge in [-0.3, -0.25) is 4.79 Å². The Kier molecular flexibility index (Phi) is 3.77. The molecule has 1 aromatic heterocycles. The molecule has 88 valence electrons. The molecule has 0 fully saturated rings. The largest absolute Gasteiger partial charge is 0.351 e. The molecule has 4 nitrogen and oxygen atoms in total. The number of carbonyl (C=O) groups excluding carboxylic acids is 1. The third kappa shape index (κ3) is 3.32. The average molecular weight is 251 g/mol. The fourth-order valence-electron chi connectivity index (χ4n) is 1.43. The Morgan fingerprint density at radius 2 is 2.29 bits per heavy atom. The zero-order chi connectivity index (χ0) is 12.1. The summed E-state index contributed by atoms with van der Waals surface area (Å²) in [6, 6.07) is 9.07. The van der Waals surface area contributed by atoms with E-state index in [4.69, 9.17) is 16.1 Å². The van der Waals surface area contributed by atoms with Gasteiger partial charge in [-0.05, 0) is 24.1 Å². The molecule has 0 aliphatic rings. The van der Waals surface area contributed by atoms with Crippen molar-refractivity contribution in [1.82, 2.24) is 10.5 Å². The second-order valence-electron chi connectivity index (χ2n) is 3.51. The lowest BCUT2D eigenvalue weighted by molar-refractivity contribution is 0.0917. The number of carbonyl (C=O) groups is 1. The average Bonchev–Trinajstić information content (AvgIpc) is 2.82. The Hall–Kier alpha value is -1.81. The third-order valence-electron chi connectivity index (χ3n) is 2.25. The number of halogens is 1. The molecule has 0 unspecified atom stereocenters. The SMILES string of the molecule is O=C(NCCc1cccc(Cl)c1)c1ccno1. The summed E-state index contributed by atoms with van der Waals surface area (Å²) in [6.07, 6.45) is 2.16. The molecule has 0 aliphatic heterocycles. The molecule has 0 saturated carbocycles. The van der Waals surface area contributed by atoms with Crippen LogP contribution in [0.3, 0.4) is 0 Å². The lowest BCUT2D eigenvalue weighted by Gasteiger charge is -2.03. The molecule has 17 heavy (non-hydrogen) atoms. The number of benzene rings is 1. The van der Waals surface area contributed by atoms with Crippen molar-refractivity contribution < 1.29 is 9.32 Å². The van der Waals surface area contributed by atoms with Crippen LogP contribution in [0.2, 0.25) is 5.02 Å². The zero-order valence-electron chi connectivity index (χ0n) is 9.02. The van der Waals surface area contributed by atoms with Crippen LogP contribution in [-0.2, 0) is 6.42 Å². The number of nitrogens with zero attached hydrogens (tertiary/aromatic N) is 1. The van der Waals surface area contributed by atoms with E-state index in [9.17, 15) is 4.79 Å². The van der Waals surface area contributed by atoms with Crippen LogP contribution >= 0.6 is 11.6 Å². The van der Waals surface area contributed by atoms with Gasteiger partial charge in [0.1, 0.15) is 0 Å². The molecule has 1 aromatic carbocycles. The first kappa shape index (κ1) is 11.7. The van der Waals surface area contributed by atoms with Crippen molar-refractivity contribution in [2.75, 3.05) is 6.54 Å². The first-order valence-electron chi connectivity index (χ1n) is 5.19. The minimum Gasteiger partial charge on any atom is -0.351 e. The van der Waals surface area contributed by atoms with Crippen molar-refractivity contribution in [2.45, 2.75) is 6.42 Å². The molecule has 1 N–H and O–H groups in total. The number of rotatable bonds is 4. The van der Waals surface area contributed by atoms with Crippen molar-refractivity contribution in [3.05, 3.63) is 52.9 Å². The van der Waals surface area contributed by atoms with Crippen LogP contribution in [0.1, 0.15) is 16.1 Å². The fourth-order valence-corrected chi connectivity index (χ4v) is 1.65. The highest BCUT2D eigenvalue weighted by molar-refractivity contribution is 6.30. The lowest BCUT2D eigenvalue weighted by Crippen LogP contribution is -2.25. The Bertz CT molecular complexity index is 497. The van der Waals surface area contributed by atoms with Gasteiger partial charge in [0.25, 0.3) is 5.91 Å². The second kappa shape index (κ2) is 5.50. The minimum atomic E-state index is -0.260. The monoisotopic (exact) mass is 250 g/mol. The van der Waals surface area contributed by atoms with Gasteiger partial charge in [0.15, 0.2) is 0 Å². The summed E-state index contributed by atoms with van der Waals surface area (Å²) in [7, 11) is 0. The van der Waals surface area contributed by atoms with Gasteiger partial charge in [0.05, 0.1) is 6.20 Å². The highest BCUT2D eigenvalue weighted by Crippen LogP contribution is 2.10. The highest BCUT2D eigenvalue weighted by Gasteiger charge is 2.08. The normalized spacial score (nSPS) is 10.2. The molecule has 0 atom stereocenters. The molecule has 5 heteroatoms. The molecule has 0 radical (unpaired) electrons. The number of hydrogen-bond donors (Lipinski definition) is 1. The van der Waals surface area contributed by atoms with Crippen molar-refractivity contribution in [3.8, 4) is 0 Å². The Morgan fingerprint density at radius 1 is 1.41 bits per heavy atom. The van der Waals surface area contributed by atoms with Crippen molar-refractivity contribution >= 4 is 17.5 Å². The van der Waals surface area contributed by atoms with Crippen LogP contribution in [-0.4, -0.2) is 17.6 Å². The van der Waals surface area contributed by atoms with Gasteiger partial charge in [-0.15, -0.1) is 0 Å². The Labute approximate surface area is 104 Å². The van der Waals surface area contributed by atoms with E-state index in [2.05, 4.69) is 10.5 Å². The summed E-state index contributed by atoms with van der Waals surface area (Å²) < 4.78 is 4.73. The summed E-state index contributed by atoms with van der Waals surface area (Å²) in [5.41, 5.74) is 1.08. The summed E-state index contributed by atoms with van der Waals surface area (Å²) in [4.78, 5) is 11.5. The standard InChI is InChI=1S/C12H11ClN2O2/c13-10-3-1-2-9(8-10)4-6-14-12(16)11-5-7-15-17-11/h1-3,5,7-8H,4,6H2,(H,14,16). The van der Waals surface area contributed by atoms with Gasteiger partial charge in [-0.25, -0.2) is 0 Å². The van der Waals surface area contributed by atoms with Crippen LogP contribution in [0.15, 0.2) is 41.1 Å². The summed E-state index contributed by atoms with van der Waals surface area (Å²) in [5.74, 6) is -0.0411. The molecule has 2 rings (SSSR count). The third-order valence-corrected chi connectivity index (χ3v) is 2.48. The topological polar surface area (TPSA) is 55.1 Å². The van der Waals surface area contributed by atoms with Gasteiger partial charge in [0.2, 0.25) is 5.76 Å². The molecule has 0 saturated heterocycles. The van der Waals surface area contributed by atoms with E-state index in [1.54, 1.807) is 0 Å². The van der Waals surface area contributed by atoms with E-state index in [0.29, 0.717) is 11.6 Å². The molecule has 0 aliphatic carbocycles. The fraction of sp³-hybridized carbons (Fsp3) is 0.167. The van der Waals surface area contributed by atoms with Crippen molar-refractivity contribution in [3.63, 3.8) is 0 Å². The molecular formula is C12H11ClN2O2. The molecular weight excluding hydrogens is 240 g/mol. The maximum atomic E-state index is 11.5. The summed E-state index contributed by atoms with van der Waals surface area (Å²) in [5, 5.41) is 6.90. The lowest BCUT2D eigenvalue weighted by atomic mass is 10.1. The first-order chi connectivity index (χ1) is 8.25. The van der Waals surface area contributed by atoms with E-state index in [1.165, 1.54) is 12.3 Å². The van der Waals surface area contributed by atoms with E-state index in [0.717, 1.165) is 12.0 Å². The van der Waals surface area contributed by atoms with Crippen LogP contribution in [0, 0.1) is 0 Å². The van der Waals surface area contributed by atoms with Crippen molar-refractivity contribution in [2.24, 2.45) is 0 Å². The second-order valence-corrected chi connectivity index (χ2v) is 3.95. The van der Waals surface area contributed by atoms with Crippen LogP contribution in [0.4, 0.5) is 0 Å². The van der Waals surface area contributed by atoms with Gasteiger partial charge < -0.3 is 9.84 Å². The predicted octanol–water partition coefficient (Wildman–Crippen LogP) is 2.30. The highest BCUT2D eigenvalue weighted by atomic mass is 35.5. The maximum absolute atomic E-state index is 11.5. The summed E-state index contributed by atoms with van der Waals surface area (Å²) in [6.45, 7) is 0.528. The van der Waals surface area contributed by atoms with Crippen LogP contribution in [0.5, 0.6) is 0 Å². The van der Waals surface area contributed by atoms with E-state index in [-0.39, 0.29) is 11.7 Å².